The summed E-state index contributed by atoms with van der Waals surface area (Å²) in [4.78, 5) is 40.7. The summed E-state index contributed by atoms with van der Waals surface area (Å²) in [6, 6.07) is 13.1. The van der Waals surface area contributed by atoms with Crippen LogP contribution in [0.4, 0.5) is 0 Å². The second-order valence-electron chi connectivity index (χ2n) is 32.4. The minimum Gasteiger partial charge on any atom is -0.504 e. The third-order valence-electron chi connectivity index (χ3n) is 28.9. The van der Waals surface area contributed by atoms with Gasteiger partial charge in [-0.15, -0.1) is 0 Å². The third kappa shape index (κ3) is 9.30. The number of nitrogens with one attached hydrogen (secondary N) is 1. The summed E-state index contributed by atoms with van der Waals surface area (Å²) in [6.45, 7) is 3.48. The average Bonchev–Trinajstić information content (AvgIpc) is 1.58. The van der Waals surface area contributed by atoms with Gasteiger partial charge in [0.2, 0.25) is 5.91 Å². The molecule has 20 rings (SSSR count). The third-order valence-corrected chi connectivity index (χ3v) is 32.2. The minimum absolute atomic E-state index is 0.0547. The summed E-state index contributed by atoms with van der Waals surface area (Å²) < 4.78 is 14.2. The van der Waals surface area contributed by atoms with Crippen LogP contribution in [0, 0.1) is 80.8 Å². The van der Waals surface area contributed by atoms with Gasteiger partial charge in [-0.1, -0.05) is 77.3 Å². The molecule has 20 atom stereocenters. The lowest BCUT2D eigenvalue weighted by Gasteiger charge is -2.60. The Hall–Kier alpha value is -4.12. The van der Waals surface area contributed by atoms with E-state index in [0.29, 0.717) is 73.9 Å². The molecule has 1 amide bonds. The van der Waals surface area contributed by atoms with Crippen LogP contribution in [0.3, 0.4) is 0 Å². The van der Waals surface area contributed by atoms with Gasteiger partial charge in [0.15, 0.2) is 23.4 Å². The summed E-state index contributed by atoms with van der Waals surface area (Å²) in [5, 5.41) is 43.8. The van der Waals surface area contributed by atoms with Gasteiger partial charge in [-0.2, -0.15) is 0 Å². The Balaban J connectivity index is 0.808. The average molecular weight is 1250 g/mol. The van der Waals surface area contributed by atoms with Gasteiger partial charge < -0.3 is 52.2 Å². The van der Waals surface area contributed by atoms with Crippen molar-refractivity contribution in [2.24, 2.45) is 108 Å². The number of allylic oxidation sites excluding steroid dienone is 1. The van der Waals surface area contributed by atoms with E-state index in [1.807, 2.05) is 4.90 Å². The lowest BCUT2D eigenvalue weighted by atomic mass is 9.47. The van der Waals surface area contributed by atoms with E-state index >= 15 is 4.79 Å². The van der Waals surface area contributed by atoms with Gasteiger partial charge in [0.1, 0.15) is 16.1 Å². The van der Waals surface area contributed by atoms with Gasteiger partial charge in [0.25, 0.3) is 0 Å². The molecule has 12 bridgehead atoms. The molecule has 10 saturated carbocycles. The van der Waals surface area contributed by atoms with Crippen molar-refractivity contribution >= 4 is 45.4 Å². The first-order chi connectivity index (χ1) is 43.0. The van der Waals surface area contributed by atoms with Crippen molar-refractivity contribution in [1.29, 1.82) is 0 Å². The molecular weight excluding hydrogens is 1150 g/mol. The lowest BCUT2D eigenvalue weighted by molar-refractivity contribution is -0.204. The number of nitrogens with zero attached hydrogens (tertiary/aromatic N) is 3. The molecular formula is C73H101N7O7S2. The maximum Gasteiger partial charge on any atom is 0.303 e. The highest BCUT2D eigenvalue weighted by molar-refractivity contribution is 8.77. The number of aromatic hydroxyl groups is 1. The molecule has 14 nitrogen and oxygen atoms in total. The van der Waals surface area contributed by atoms with Crippen molar-refractivity contribution in [1.82, 2.24) is 10.2 Å². The molecule has 7 heterocycles. The molecule has 0 aromatic heterocycles. The maximum atomic E-state index is 15.2. The highest BCUT2D eigenvalue weighted by Gasteiger charge is 2.71. The van der Waals surface area contributed by atoms with Crippen LogP contribution in [0.25, 0.3) is 0 Å². The van der Waals surface area contributed by atoms with Gasteiger partial charge in [-0.3, -0.25) is 19.6 Å². The number of benzene rings is 2. The van der Waals surface area contributed by atoms with Crippen LogP contribution in [-0.4, -0.2) is 97.7 Å². The Kier molecular flexibility index (Phi) is 15.0. The van der Waals surface area contributed by atoms with Crippen LogP contribution in [-0.2, 0) is 27.3 Å². The monoisotopic (exact) mass is 1250 g/mol. The SMILES string of the molecule is CC(=O)OC12CC(O)C3C(CCC1Cc1cc(c(O)c4c1C1C=CC5(CCCC5C1)O4)CN1CC4(CC1=O)C(CCC4c1ccccc1)CN=C(N)NC1(CCCC14CCCC4)SSCC1CCC3CC13CCCC31CC3CCC(CN=C(N)N)C3C1O)C2. The summed E-state index contributed by atoms with van der Waals surface area (Å²) in [5.74, 6) is 4.57. The fourth-order valence-electron chi connectivity index (χ4n) is 25.4. The van der Waals surface area contributed by atoms with E-state index in [0.717, 1.165) is 145 Å². The zero-order valence-electron chi connectivity index (χ0n) is 52.9. The largest absolute Gasteiger partial charge is 0.504 e. The quantitative estimate of drug-likeness (QED) is 0.0497. The minimum atomic E-state index is -0.871. The molecule has 482 valence electrons. The van der Waals surface area contributed by atoms with Gasteiger partial charge in [0.05, 0.1) is 12.2 Å². The van der Waals surface area contributed by atoms with Crippen LogP contribution >= 0.6 is 21.6 Å². The highest BCUT2D eigenvalue weighted by atomic mass is 33.1. The number of esters is 1. The summed E-state index contributed by atoms with van der Waals surface area (Å²) >= 11 is 0. The normalized spacial score (nSPS) is 45.0. The zero-order valence-corrected chi connectivity index (χ0v) is 54.5. The molecule has 16 heteroatoms. The van der Waals surface area contributed by atoms with Crippen LogP contribution in [0.15, 0.2) is 58.5 Å². The standard InChI is InChI=1S/C73H101N7O7S2/c1-43(81)86-72-35-48-15-17-53(72)32-50-30-51(62(84)63-60(50)45-21-29-71(87-63)27-7-12-52(71)31-45)40-80-42-68(37-58(80)83)54(19-20-56(68)44-10-3-2-4-11-44)39-78-66(76)79-73(28-8-24-67(73)22-5-6-23-67)89-88-41-55-18-16-46(59(48)57(82)36-72)33-69(55)25-9-26-70(69)34-47-13-14-49(38-77-65(74)75)61(47)64(70)85/h2-4,10-11,21,29-30,45-49,52-57,59,61,64,82,84-85H,5-9,12-20,22-28,31-42H2,1H3,(H4,74,75,77)(H3,76,78,79). The highest BCUT2D eigenvalue weighted by Crippen LogP contribution is 2.75. The van der Waals surface area contributed by atoms with Crippen LogP contribution in [0.2, 0.25) is 0 Å². The number of phenolic OH excluding ortho intramolecular Hbond substituents is 1. The smallest absolute Gasteiger partial charge is 0.303 e. The summed E-state index contributed by atoms with van der Waals surface area (Å²) in [5.41, 5.74) is 21.5. The fraction of sp³-hybridized carbons (Fsp3) is 0.753. The first-order valence-electron chi connectivity index (χ1n) is 35.6. The Labute approximate surface area is 536 Å². The second kappa shape index (κ2) is 22.3. The van der Waals surface area contributed by atoms with E-state index in [4.69, 9.17) is 31.7 Å². The summed E-state index contributed by atoms with van der Waals surface area (Å²) in [7, 11) is 4.15. The predicted molar refractivity (Wildman–Crippen MR) is 351 cm³/mol. The number of nitrogens with two attached hydrogens (primary N) is 3. The van der Waals surface area contributed by atoms with Crippen molar-refractivity contribution in [3.05, 3.63) is 70.8 Å². The number of aliphatic imine (C=N–C) groups is 2. The van der Waals surface area contributed by atoms with E-state index in [-0.39, 0.29) is 105 Å². The van der Waals surface area contributed by atoms with E-state index in [1.165, 1.54) is 37.7 Å². The Morgan fingerprint density at radius 3 is 2.38 bits per heavy atom. The summed E-state index contributed by atoms with van der Waals surface area (Å²) in [6.07, 6.45) is 31.3. The Morgan fingerprint density at radius 1 is 0.820 bits per heavy atom. The lowest BCUT2D eigenvalue weighted by Crippen LogP contribution is -2.60. The number of phenols is 1. The van der Waals surface area contributed by atoms with E-state index in [2.05, 4.69) is 80.4 Å². The topological polar surface area (TPSA) is 231 Å². The fourth-order valence-corrected chi connectivity index (χ4v) is 29.4. The predicted octanol–water partition coefficient (Wildman–Crippen LogP) is 11.9. The molecule has 6 spiro atoms. The van der Waals surface area contributed by atoms with Gasteiger partial charge in [-0.25, -0.2) is 0 Å². The van der Waals surface area contributed by atoms with Crippen molar-refractivity contribution in [2.75, 3.05) is 25.4 Å². The number of rotatable bonds is 4. The van der Waals surface area contributed by atoms with Crippen LogP contribution in [0.1, 0.15) is 214 Å². The number of amides is 1. The number of aliphatic hydroxyl groups is 2. The second-order valence-corrected chi connectivity index (χ2v) is 35.0. The number of carbonyl (C=O) groups excluding carboxylic acids is 2. The Morgan fingerprint density at radius 2 is 1.56 bits per heavy atom. The van der Waals surface area contributed by atoms with Gasteiger partial charge in [-0.05, 0) is 230 Å². The van der Waals surface area contributed by atoms with E-state index in [9.17, 15) is 20.1 Å². The molecule has 20 unspecified atom stereocenters. The van der Waals surface area contributed by atoms with Crippen molar-refractivity contribution in [2.45, 2.75) is 233 Å². The van der Waals surface area contributed by atoms with Crippen LogP contribution < -0.4 is 27.3 Å². The maximum absolute atomic E-state index is 15.2. The Bertz CT molecular complexity index is 3180. The van der Waals surface area contributed by atoms with E-state index in [1.54, 1.807) is 6.92 Å². The number of fused-ring (bicyclic) bond motifs is 1. The van der Waals surface area contributed by atoms with Crippen molar-refractivity contribution < 1.29 is 34.4 Å². The van der Waals surface area contributed by atoms with Crippen molar-refractivity contribution in [3.8, 4) is 11.5 Å². The molecule has 2 aromatic carbocycles. The van der Waals surface area contributed by atoms with E-state index < -0.39 is 28.8 Å². The molecule has 0 radical (unpaired) electrons. The number of hydrogen-bond donors (Lipinski definition) is 7. The number of hydrogen-bond acceptors (Lipinski definition) is 13. The van der Waals surface area contributed by atoms with Gasteiger partial charge in [0, 0.05) is 96.8 Å². The first kappa shape index (κ1) is 59.9. The van der Waals surface area contributed by atoms with Crippen molar-refractivity contribution in [3.63, 3.8) is 0 Å². The molecule has 7 aliphatic heterocycles. The first-order valence-corrected chi connectivity index (χ1v) is 37.9. The van der Waals surface area contributed by atoms with Gasteiger partial charge >= 0.3 is 5.97 Å². The number of aliphatic hydroxyl groups excluding tert-OH is 2. The molecule has 10 N–H and O–H groups in total. The number of guanidine groups is 2. The number of carbonyl (C=O) groups is 2. The molecule has 2 aromatic rings. The molecule has 89 heavy (non-hydrogen) atoms. The molecule has 11 fully saturated rings. The number of ether oxygens (including phenoxy) is 2. The molecule has 11 aliphatic carbocycles. The molecule has 18 aliphatic rings. The van der Waals surface area contributed by atoms with Crippen LogP contribution in [0.5, 0.6) is 11.5 Å². The molecule has 1 saturated heterocycles. The zero-order chi connectivity index (χ0) is 60.9.